The minimum absolute atomic E-state index is 0.244. The second kappa shape index (κ2) is 7.64. The third kappa shape index (κ3) is 3.97. The van der Waals surface area contributed by atoms with Gasteiger partial charge in [0.1, 0.15) is 5.82 Å². The Morgan fingerprint density at radius 2 is 2.08 bits per heavy atom. The summed E-state index contributed by atoms with van der Waals surface area (Å²) < 4.78 is 1.79. The van der Waals surface area contributed by atoms with Gasteiger partial charge in [0, 0.05) is 25.5 Å². The molecule has 0 aliphatic rings. The molecule has 0 bridgehead atoms. The summed E-state index contributed by atoms with van der Waals surface area (Å²) >= 11 is 0. The molecule has 8 nitrogen and oxygen atoms in total. The van der Waals surface area contributed by atoms with Crippen LogP contribution in [0.15, 0.2) is 42.9 Å². The fourth-order valence-electron chi connectivity index (χ4n) is 2.47. The first kappa shape index (κ1) is 17.4. The molecule has 0 saturated carbocycles. The summed E-state index contributed by atoms with van der Waals surface area (Å²) in [6.45, 7) is 5.33. The lowest BCUT2D eigenvalue weighted by atomic mass is 10.1. The van der Waals surface area contributed by atoms with Gasteiger partial charge in [-0.3, -0.25) is 9.48 Å². The van der Waals surface area contributed by atoms with Crippen LogP contribution in [0.5, 0.6) is 0 Å². The van der Waals surface area contributed by atoms with E-state index in [2.05, 4.69) is 25.7 Å². The molecule has 26 heavy (non-hydrogen) atoms. The number of hydrogen-bond donors (Lipinski definition) is 3. The van der Waals surface area contributed by atoms with Gasteiger partial charge in [0.05, 0.1) is 17.4 Å². The van der Waals surface area contributed by atoms with Crippen LogP contribution in [0.25, 0.3) is 0 Å². The first-order valence-electron chi connectivity index (χ1n) is 8.31. The van der Waals surface area contributed by atoms with Crippen LogP contribution in [0.4, 0.5) is 17.5 Å². The molecule has 0 saturated heterocycles. The first-order chi connectivity index (χ1) is 12.6. The number of nitrogens with zero attached hydrogens (tertiary/aromatic N) is 4. The number of hydrogen-bond acceptors (Lipinski definition) is 6. The number of nitrogens with two attached hydrogens (primary N) is 1. The lowest BCUT2D eigenvalue weighted by molar-refractivity contribution is 0.100. The van der Waals surface area contributed by atoms with Gasteiger partial charge < -0.3 is 16.4 Å². The Balaban J connectivity index is 1.82. The number of anilines is 3. The lowest BCUT2D eigenvalue weighted by Gasteiger charge is -2.12. The highest BCUT2D eigenvalue weighted by atomic mass is 16.1. The minimum Gasteiger partial charge on any atom is -0.365 e. The zero-order chi connectivity index (χ0) is 18.5. The van der Waals surface area contributed by atoms with E-state index in [9.17, 15) is 4.79 Å². The van der Waals surface area contributed by atoms with Crippen LogP contribution in [0.2, 0.25) is 0 Å². The van der Waals surface area contributed by atoms with E-state index in [0.29, 0.717) is 18.3 Å². The van der Waals surface area contributed by atoms with E-state index in [-0.39, 0.29) is 5.56 Å². The van der Waals surface area contributed by atoms with Gasteiger partial charge >= 0.3 is 0 Å². The molecule has 1 aromatic carbocycles. The molecule has 134 valence electrons. The molecule has 0 fully saturated rings. The van der Waals surface area contributed by atoms with Crippen LogP contribution >= 0.6 is 0 Å². The predicted molar refractivity (Wildman–Crippen MR) is 100 cm³/mol. The molecule has 3 aromatic rings. The summed E-state index contributed by atoms with van der Waals surface area (Å²) in [6, 6.07) is 8.00. The molecule has 0 aliphatic carbocycles. The fraction of sp³-hybridized carbons (Fsp3) is 0.222. The van der Waals surface area contributed by atoms with Crippen molar-refractivity contribution in [2.75, 3.05) is 10.6 Å². The zero-order valence-electron chi connectivity index (χ0n) is 14.7. The van der Waals surface area contributed by atoms with Crippen molar-refractivity contribution in [3.05, 3.63) is 59.5 Å². The molecule has 4 N–H and O–H groups in total. The number of aryl methyl sites for hydroxylation is 2. The van der Waals surface area contributed by atoms with Gasteiger partial charge in [-0.25, -0.2) is 4.98 Å². The van der Waals surface area contributed by atoms with Crippen molar-refractivity contribution in [1.29, 1.82) is 0 Å². The number of carbonyl (C=O) groups is 1. The van der Waals surface area contributed by atoms with Crippen molar-refractivity contribution in [3.8, 4) is 0 Å². The van der Waals surface area contributed by atoms with E-state index in [1.807, 2.05) is 44.3 Å². The Morgan fingerprint density at radius 3 is 2.77 bits per heavy atom. The Bertz CT molecular complexity index is 919. The van der Waals surface area contributed by atoms with Crippen LogP contribution in [-0.2, 0) is 13.1 Å². The quantitative estimate of drug-likeness (QED) is 0.603. The Hall–Kier alpha value is -3.42. The molecule has 0 atom stereocenters. The molecule has 2 heterocycles. The Kier molecular flexibility index (Phi) is 5.12. The van der Waals surface area contributed by atoms with Gasteiger partial charge in [0.15, 0.2) is 0 Å². The van der Waals surface area contributed by atoms with Crippen molar-refractivity contribution in [3.63, 3.8) is 0 Å². The third-order valence-electron chi connectivity index (χ3n) is 3.98. The molecule has 0 spiro atoms. The third-order valence-corrected chi connectivity index (χ3v) is 3.98. The number of benzene rings is 1. The van der Waals surface area contributed by atoms with Gasteiger partial charge in [-0.1, -0.05) is 24.3 Å². The highest BCUT2D eigenvalue weighted by molar-refractivity contribution is 5.97. The second-order valence-electron chi connectivity index (χ2n) is 5.81. The number of nitrogens with one attached hydrogen (secondary N) is 2. The Labute approximate surface area is 151 Å². The standard InChI is InChI=1S/C18H21N7O/c1-3-25-11-14(9-22-25)23-18-21-10-15(16(19)26)17(24-18)20-8-13-7-5-4-6-12(13)2/h4-7,9-11H,3,8H2,1-2H3,(H2,19,26)(H2,20,21,23,24). The molecule has 0 aliphatic heterocycles. The normalized spacial score (nSPS) is 10.5. The molecule has 1 amide bonds. The maximum absolute atomic E-state index is 11.7. The zero-order valence-corrected chi connectivity index (χ0v) is 14.7. The number of amides is 1. The van der Waals surface area contributed by atoms with Crippen molar-refractivity contribution < 1.29 is 4.79 Å². The average molecular weight is 351 g/mol. The lowest BCUT2D eigenvalue weighted by Crippen LogP contribution is -2.17. The van der Waals surface area contributed by atoms with Gasteiger partial charge in [0.25, 0.3) is 5.91 Å². The van der Waals surface area contributed by atoms with Gasteiger partial charge in [0.2, 0.25) is 5.95 Å². The van der Waals surface area contributed by atoms with Crippen LogP contribution in [0, 0.1) is 6.92 Å². The van der Waals surface area contributed by atoms with E-state index in [1.54, 1.807) is 10.9 Å². The van der Waals surface area contributed by atoms with Gasteiger partial charge in [-0.2, -0.15) is 10.1 Å². The van der Waals surface area contributed by atoms with Crippen LogP contribution < -0.4 is 16.4 Å². The van der Waals surface area contributed by atoms with E-state index in [0.717, 1.165) is 23.4 Å². The second-order valence-corrected chi connectivity index (χ2v) is 5.81. The number of primary amides is 1. The van der Waals surface area contributed by atoms with E-state index in [1.165, 1.54) is 6.20 Å². The van der Waals surface area contributed by atoms with Crippen LogP contribution in [0.3, 0.4) is 0 Å². The van der Waals surface area contributed by atoms with Crippen LogP contribution in [0.1, 0.15) is 28.4 Å². The highest BCUT2D eigenvalue weighted by Gasteiger charge is 2.13. The molecular formula is C18H21N7O. The van der Waals surface area contributed by atoms with Crippen LogP contribution in [-0.4, -0.2) is 25.7 Å². The summed E-state index contributed by atoms with van der Waals surface area (Å²) in [7, 11) is 0. The SMILES string of the molecule is CCn1cc(Nc2ncc(C(N)=O)c(NCc3ccccc3C)n2)cn1. The summed E-state index contributed by atoms with van der Waals surface area (Å²) in [6.07, 6.45) is 4.96. The maximum atomic E-state index is 11.7. The Morgan fingerprint density at radius 1 is 1.27 bits per heavy atom. The van der Waals surface area contributed by atoms with Crippen molar-refractivity contribution >= 4 is 23.4 Å². The molecule has 3 rings (SSSR count). The maximum Gasteiger partial charge on any atom is 0.254 e. The molecular weight excluding hydrogens is 330 g/mol. The minimum atomic E-state index is -0.581. The topological polar surface area (TPSA) is 111 Å². The number of rotatable bonds is 7. The molecule has 0 radical (unpaired) electrons. The average Bonchev–Trinajstić information content (AvgIpc) is 3.08. The number of aromatic nitrogens is 4. The first-order valence-corrected chi connectivity index (χ1v) is 8.31. The fourth-order valence-corrected chi connectivity index (χ4v) is 2.47. The summed E-state index contributed by atoms with van der Waals surface area (Å²) in [4.78, 5) is 20.2. The van der Waals surface area contributed by atoms with E-state index in [4.69, 9.17) is 5.73 Å². The van der Waals surface area contributed by atoms with E-state index < -0.39 is 5.91 Å². The van der Waals surface area contributed by atoms with E-state index >= 15 is 0 Å². The summed E-state index contributed by atoms with van der Waals surface area (Å²) in [5, 5.41) is 10.5. The summed E-state index contributed by atoms with van der Waals surface area (Å²) in [5.41, 5.74) is 8.72. The van der Waals surface area contributed by atoms with Crippen molar-refractivity contribution in [2.45, 2.75) is 26.9 Å². The highest BCUT2D eigenvalue weighted by Crippen LogP contribution is 2.18. The molecule has 0 unspecified atom stereocenters. The molecule has 8 heteroatoms. The molecule has 2 aromatic heterocycles. The van der Waals surface area contributed by atoms with Crippen molar-refractivity contribution in [2.24, 2.45) is 5.73 Å². The van der Waals surface area contributed by atoms with Gasteiger partial charge in [-0.15, -0.1) is 0 Å². The van der Waals surface area contributed by atoms with Crippen molar-refractivity contribution in [1.82, 2.24) is 19.7 Å². The predicted octanol–water partition coefficient (Wildman–Crippen LogP) is 2.46. The summed E-state index contributed by atoms with van der Waals surface area (Å²) in [5.74, 6) is 0.168. The van der Waals surface area contributed by atoms with Gasteiger partial charge in [-0.05, 0) is 25.0 Å². The monoisotopic (exact) mass is 351 g/mol. The smallest absolute Gasteiger partial charge is 0.254 e. The largest absolute Gasteiger partial charge is 0.365 e. The number of carbonyl (C=O) groups excluding carboxylic acids is 1.